The van der Waals surface area contributed by atoms with E-state index in [1.54, 1.807) is 26.8 Å². The summed E-state index contributed by atoms with van der Waals surface area (Å²) >= 11 is 0. The van der Waals surface area contributed by atoms with Crippen LogP contribution < -0.4 is 10.9 Å². The van der Waals surface area contributed by atoms with Gasteiger partial charge in [0.2, 0.25) is 0 Å². The Kier molecular flexibility index (Phi) is 6.11. The van der Waals surface area contributed by atoms with Gasteiger partial charge in [-0.05, 0) is 29.2 Å². The van der Waals surface area contributed by atoms with E-state index in [1.807, 2.05) is 0 Å². The summed E-state index contributed by atoms with van der Waals surface area (Å²) in [5.74, 6) is -2.16. The van der Waals surface area contributed by atoms with Crippen LogP contribution in [-0.2, 0) is 6.18 Å². The molecule has 168 valence electrons. The highest BCUT2D eigenvalue weighted by molar-refractivity contribution is 5.92. The molecule has 0 bridgehead atoms. The summed E-state index contributed by atoms with van der Waals surface area (Å²) in [6, 6.07) is 4.13. The van der Waals surface area contributed by atoms with Crippen molar-refractivity contribution in [2.45, 2.75) is 33.0 Å². The maximum Gasteiger partial charge on any atom is 0.419 e. The van der Waals surface area contributed by atoms with Crippen molar-refractivity contribution in [1.29, 1.82) is 0 Å². The number of aromatic nitrogens is 4. The van der Waals surface area contributed by atoms with E-state index in [-0.39, 0.29) is 22.9 Å². The van der Waals surface area contributed by atoms with E-state index in [9.17, 15) is 27.2 Å². The zero-order valence-corrected chi connectivity index (χ0v) is 17.3. The maximum absolute atomic E-state index is 14.1. The van der Waals surface area contributed by atoms with Crippen molar-refractivity contribution in [1.82, 2.24) is 25.3 Å². The molecule has 3 rings (SSSR count). The van der Waals surface area contributed by atoms with Gasteiger partial charge in [-0.1, -0.05) is 26.8 Å². The lowest BCUT2D eigenvalue weighted by molar-refractivity contribution is -0.140. The molecule has 0 aliphatic heterocycles. The molecule has 0 unspecified atom stereocenters. The van der Waals surface area contributed by atoms with E-state index in [1.165, 1.54) is 12.4 Å². The molecule has 0 radical (unpaired) electrons. The van der Waals surface area contributed by atoms with Crippen molar-refractivity contribution in [3.63, 3.8) is 0 Å². The van der Waals surface area contributed by atoms with Gasteiger partial charge in [0.15, 0.2) is 11.6 Å². The zero-order chi connectivity index (χ0) is 23.7. The third-order valence-corrected chi connectivity index (χ3v) is 4.53. The van der Waals surface area contributed by atoms with Crippen LogP contribution in [0.25, 0.3) is 11.6 Å². The van der Waals surface area contributed by atoms with Gasteiger partial charge in [-0.3, -0.25) is 9.59 Å². The smallest absolute Gasteiger partial charge is 0.343 e. The monoisotopic (exact) mass is 449 g/mol. The Hall–Kier alpha value is -3.63. The van der Waals surface area contributed by atoms with E-state index >= 15 is 0 Å². The Labute approximate surface area is 180 Å². The number of benzene rings is 1. The van der Waals surface area contributed by atoms with Crippen molar-refractivity contribution < 1.29 is 22.4 Å². The second kappa shape index (κ2) is 8.48. The molecule has 1 atom stereocenters. The average Bonchev–Trinajstić information content (AvgIpc) is 2.70. The van der Waals surface area contributed by atoms with Crippen LogP contribution in [0.4, 0.5) is 17.6 Å². The molecule has 7 nitrogen and oxygen atoms in total. The predicted octanol–water partition coefficient (Wildman–Crippen LogP) is 3.90. The fourth-order valence-corrected chi connectivity index (χ4v) is 3.05. The number of alkyl halides is 3. The third-order valence-electron chi connectivity index (χ3n) is 4.53. The number of halogens is 4. The van der Waals surface area contributed by atoms with Crippen LogP contribution in [0.15, 0.2) is 47.5 Å². The summed E-state index contributed by atoms with van der Waals surface area (Å²) in [6.07, 6.45) is -1.97. The van der Waals surface area contributed by atoms with Gasteiger partial charge in [-0.2, -0.15) is 13.2 Å². The summed E-state index contributed by atoms with van der Waals surface area (Å²) in [5.41, 5.74) is -2.86. The van der Waals surface area contributed by atoms with Gasteiger partial charge in [-0.25, -0.2) is 19.3 Å². The second-order valence-corrected chi connectivity index (χ2v) is 8.06. The lowest BCUT2D eigenvalue weighted by Crippen LogP contribution is -2.37. The number of hydrogen-bond acceptors (Lipinski definition) is 5. The zero-order valence-electron chi connectivity index (χ0n) is 17.3. The minimum absolute atomic E-state index is 0.0314. The van der Waals surface area contributed by atoms with Crippen LogP contribution >= 0.6 is 0 Å². The number of carbonyl (C=O) groups is 1. The molecule has 0 saturated carbocycles. The quantitative estimate of drug-likeness (QED) is 0.589. The molecule has 2 heterocycles. The van der Waals surface area contributed by atoms with Crippen LogP contribution in [0.2, 0.25) is 0 Å². The predicted molar refractivity (Wildman–Crippen MR) is 107 cm³/mol. The molecule has 2 N–H and O–H groups in total. The van der Waals surface area contributed by atoms with Gasteiger partial charge in [0.25, 0.3) is 11.5 Å². The van der Waals surface area contributed by atoms with Gasteiger partial charge in [0.1, 0.15) is 11.5 Å². The van der Waals surface area contributed by atoms with Gasteiger partial charge in [-0.15, -0.1) is 0 Å². The number of nitrogens with one attached hydrogen (secondary N) is 2. The standard InChI is InChI=1S/C21H19F4N5O2/c1-20(2,3)16(11-5-6-12(13(22)9-11)21(23,24)25)30-19(32)14-10-15(31)29-18(28-14)17-26-7-4-8-27-17/h4-10,16H,1-3H3,(H,30,32)(H,28,29,31)/t16-/m0/s1. The number of hydrogen-bond donors (Lipinski definition) is 2. The van der Waals surface area contributed by atoms with Crippen molar-refractivity contribution in [3.8, 4) is 11.6 Å². The molecule has 3 aromatic rings. The summed E-state index contributed by atoms with van der Waals surface area (Å²) in [5, 5.41) is 2.64. The molecule has 0 aliphatic carbocycles. The highest BCUT2D eigenvalue weighted by Gasteiger charge is 2.36. The van der Waals surface area contributed by atoms with Crippen LogP contribution in [0, 0.1) is 11.2 Å². The van der Waals surface area contributed by atoms with Crippen molar-refractivity contribution >= 4 is 5.91 Å². The molecule has 2 aromatic heterocycles. The normalized spacial score (nSPS) is 13.0. The summed E-state index contributed by atoms with van der Waals surface area (Å²) in [7, 11) is 0. The molecule has 1 amide bonds. The van der Waals surface area contributed by atoms with E-state index in [0.717, 1.165) is 18.2 Å². The summed E-state index contributed by atoms with van der Waals surface area (Å²) in [6.45, 7) is 5.17. The van der Waals surface area contributed by atoms with Gasteiger partial charge in [0.05, 0.1) is 11.6 Å². The third kappa shape index (κ3) is 5.16. The number of amides is 1. The molecule has 0 saturated heterocycles. The first-order valence-electron chi connectivity index (χ1n) is 9.42. The van der Waals surface area contributed by atoms with Crippen LogP contribution in [-0.4, -0.2) is 25.8 Å². The van der Waals surface area contributed by atoms with Crippen molar-refractivity contribution in [3.05, 3.63) is 75.7 Å². The summed E-state index contributed by atoms with van der Waals surface area (Å²) in [4.78, 5) is 39.4. The van der Waals surface area contributed by atoms with Gasteiger partial charge < -0.3 is 10.3 Å². The number of rotatable bonds is 4. The largest absolute Gasteiger partial charge is 0.419 e. The number of H-pyrrole nitrogens is 1. The number of nitrogens with zero attached hydrogens (tertiary/aromatic N) is 3. The van der Waals surface area contributed by atoms with Crippen molar-refractivity contribution in [2.75, 3.05) is 0 Å². The first-order chi connectivity index (χ1) is 14.9. The van der Waals surface area contributed by atoms with Crippen LogP contribution in [0.5, 0.6) is 0 Å². The first kappa shape index (κ1) is 23.0. The molecule has 1 aromatic carbocycles. The molecule has 0 spiro atoms. The fraction of sp³-hybridized carbons (Fsp3) is 0.286. The van der Waals surface area contributed by atoms with E-state index in [4.69, 9.17) is 0 Å². The minimum atomic E-state index is -4.84. The Bertz CT molecular complexity index is 1190. The maximum atomic E-state index is 14.1. The van der Waals surface area contributed by atoms with E-state index < -0.39 is 40.5 Å². The van der Waals surface area contributed by atoms with E-state index in [0.29, 0.717) is 6.07 Å². The highest BCUT2D eigenvalue weighted by Crippen LogP contribution is 2.37. The molecule has 0 aliphatic rings. The Morgan fingerprint density at radius 2 is 1.75 bits per heavy atom. The average molecular weight is 449 g/mol. The Morgan fingerprint density at radius 1 is 1.09 bits per heavy atom. The van der Waals surface area contributed by atoms with Crippen LogP contribution in [0.3, 0.4) is 0 Å². The first-order valence-corrected chi connectivity index (χ1v) is 9.42. The Balaban J connectivity index is 1.96. The SMILES string of the molecule is CC(C)(C)[C@@H](NC(=O)c1cc(=O)[nH]c(-c2ncccn2)n1)c1ccc(C(F)(F)F)c(F)c1. The lowest BCUT2D eigenvalue weighted by atomic mass is 9.82. The topological polar surface area (TPSA) is 101 Å². The molecule has 0 fully saturated rings. The molecular weight excluding hydrogens is 430 g/mol. The lowest BCUT2D eigenvalue weighted by Gasteiger charge is -2.32. The van der Waals surface area contributed by atoms with Gasteiger partial charge >= 0.3 is 6.18 Å². The van der Waals surface area contributed by atoms with E-state index in [2.05, 4.69) is 25.3 Å². The molecular formula is C21H19F4N5O2. The van der Waals surface area contributed by atoms with Crippen LogP contribution in [0.1, 0.15) is 48.4 Å². The summed E-state index contributed by atoms with van der Waals surface area (Å²) < 4.78 is 52.8. The Morgan fingerprint density at radius 3 is 2.31 bits per heavy atom. The van der Waals surface area contributed by atoms with Gasteiger partial charge in [0, 0.05) is 18.5 Å². The number of aromatic amines is 1. The molecule has 32 heavy (non-hydrogen) atoms. The highest BCUT2D eigenvalue weighted by atomic mass is 19.4. The number of carbonyl (C=O) groups excluding carboxylic acids is 1. The molecule has 11 heteroatoms. The minimum Gasteiger partial charge on any atom is -0.343 e. The second-order valence-electron chi connectivity index (χ2n) is 8.06. The fourth-order valence-electron chi connectivity index (χ4n) is 3.05. The van der Waals surface area contributed by atoms with Crippen molar-refractivity contribution in [2.24, 2.45) is 5.41 Å².